The molecule has 88 valence electrons. The molecule has 2 N–H and O–H groups in total. The number of benzene rings is 1. The number of phenols is 1. The zero-order chi connectivity index (χ0) is 13.0. The van der Waals surface area contributed by atoms with E-state index in [0.717, 1.165) is 0 Å². The number of nitrogens with zero attached hydrogens (tertiary/aromatic N) is 1. The number of nitrogens with one attached hydrogen (secondary N) is 1. The number of rotatable bonds is 2. The third-order valence-corrected chi connectivity index (χ3v) is 2.50. The molecule has 1 aromatic rings. The number of hydrogen-bond donors (Lipinski definition) is 2. The monoisotopic (exact) mass is 270 g/mol. The van der Waals surface area contributed by atoms with E-state index in [1.807, 2.05) is 0 Å². The van der Waals surface area contributed by atoms with Crippen LogP contribution in [0.15, 0.2) is 17.8 Å². The molecular weight excluding hydrogens is 263 g/mol. The second kappa shape index (κ2) is 5.58. The Bertz CT molecular complexity index is 510. The summed E-state index contributed by atoms with van der Waals surface area (Å²) in [4.78, 5) is 14.4. The van der Waals surface area contributed by atoms with Crippen LogP contribution in [0.3, 0.4) is 0 Å². The molecule has 0 spiro atoms. The minimum Gasteiger partial charge on any atom is -0.505 e. The van der Waals surface area contributed by atoms with E-state index in [1.165, 1.54) is 25.3 Å². The number of aromatic hydroxyl groups is 1. The summed E-state index contributed by atoms with van der Waals surface area (Å²) in [6, 6.07) is 2.83. The topological polar surface area (TPSA) is 53.7 Å². The molecule has 0 heterocycles. The lowest BCUT2D eigenvalue weighted by Gasteiger charge is -2.02. The molecule has 0 saturated carbocycles. The largest absolute Gasteiger partial charge is 0.505 e. The van der Waals surface area contributed by atoms with Crippen molar-refractivity contribution in [2.45, 2.75) is 0 Å². The van der Waals surface area contributed by atoms with Crippen LogP contribution in [0.25, 0.3) is 10.9 Å². The Morgan fingerprint density at radius 2 is 2.00 bits per heavy atom. The van der Waals surface area contributed by atoms with E-state index >= 15 is 0 Å². The molecule has 0 unspecified atom stereocenters. The van der Waals surface area contributed by atoms with Gasteiger partial charge in [-0.15, -0.1) is 0 Å². The fraction of sp³-hybridized carbons (Fsp3) is 0.0909. The van der Waals surface area contributed by atoms with Crippen LogP contribution >= 0.6 is 23.2 Å². The van der Waals surface area contributed by atoms with Crippen LogP contribution in [0, 0.1) is 6.57 Å². The summed E-state index contributed by atoms with van der Waals surface area (Å²) in [6.07, 6.45) is 1.34. The minimum atomic E-state index is -0.500. The van der Waals surface area contributed by atoms with Gasteiger partial charge in [-0.05, 0) is 23.8 Å². The maximum atomic E-state index is 11.3. The molecular formula is C11H8Cl2N2O2. The molecule has 0 aromatic heterocycles. The Labute approximate surface area is 108 Å². The number of phenolic OH excluding ortho intramolecular Hbond substituents is 1. The quantitative estimate of drug-likeness (QED) is 0.641. The van der Waals surface area contributed by atoms with Crippen molar-refractivity contribution in [2.75, 3.05) is 7.05 Å². The summed E-state index contributed by atoms with van der Waals surface area (Å²) in [5.41, 5.74) is 0.373. The predicted molar refractivity (Wildman–Crippen MR) is 66.8 cm³/mol. The third-order valence-electron chi connectivity index (χ3n) is 1.92. The summed E-state index contributed by atoms with van der Waals surface area (Å²) >= 11 is 11.4. The molecule has 0 saturated heterocycles. The van der Waals surface area contributed by atoms with Crippen LogP contribution in [0.2, 0.25) is 10.0 Å². The first-order chi connectivity index (χ1) is 7.99. The molecule has 1 amide bonds. The van der Waals surface area contributed by atoms with Gasteiger partial charge in [0.1, 0.15) is 0 Å². The van der Waals surface area contributed by atoms with Gasteiger partial charge in [0, 0.05) is 7.05 Å². The van der Waals surface area contributed by atoms with Gasteiger partial charge in [0.15, 0.2) is 5.75 Å². The number of likely N-dealkylation sites (N-methyl/N-ethyl adjacent to an activating group) is 1. The van der Waals surface area contributed by atoms with Crippen molar-refractivity contribution in [1.82, 2.24) is 5.32 Å². The average Bonchev–Trinajstić information content (AvgIpc) is 2.31. The van der Waals surface area contributed by atoms with Gasteiger partial charge in [0.2, 0.25) is 5.91 Å². The molecule has 1 aromatic carbocycles. The highest BCUT2D eigenvalue weighted by Gasteiger charge is 2.09. The number of halogens is 2. The van der Waals surface area contributed by atoms with Crippen molar-refractivity contribution in [2.24, 2.45) is 0 Å². The Balaban J connectivity index is 3.23. The highest BCUT2D eigenvalue weighted by molar-refractivity contribution is 6.37. The summed E-state index contributed by atoms with van der Waals surface area (Å²) in [7, 11) is 1.43. The van der Waals surface area contributed by atoms with Gasteiger partial charge in [-0.1, -0.05) is 23.2 Å². The smallest absolute Gasteiger partial charge is 0.250 e. The summed E-state index contributed by atoms with van der Waals surface area (Å²) in [5, 5.41) is 11.8. The Morgan fingerprint density at radius 1 is 1.47 bits per heavy atom. The molecule has 0 aliphatic carbocycles. The van der Waals surface area contributed by atoms with Gasteiger partial charge in [-0.3, -0.25) is 4.79 Å². The fourth-order valence-electron chi connectivity index (χ4n) is 1.10. The predicted octanol–water partition coefficient (Wildman–Crippen LogP) is 2.71. The molecule has 0 aliphatic heterocycles. The molecule has 0 aliphatic rings. The summed E-state index contributed by atoms with van der Waals surface area (Å²) in [6.45, 7) is 6.87. The first-order valence-corrected chi connectivity index (χ1v) is 5.24. The normalized spacial score (nSPS) is 10.8. The first kappa shape index (κ1) is 13.4. The third kappa shape index (κ3) is 3.13. The van der Waals surface area contributed by atoms with Crippen LogP contribution in [0.4, 0.5) is 0 Å². The van der Waals surface area contributed by atoms with Crippen LogP contribution in [0.1, 0.15) is 5.56 Å². The Hall–Kier alpha value is -1.70. The molecule has 6 heteroatoms. The van der Waals surface area contributed by atoms with E-state index < -0.39 is 5.91 Å². The number of amides is 1. The maximum Gasteiger partial charge on any atom is 0.250 e. The SMILES string of the molecule is [C-]#[N+]C(=Cc1cc(Cl)c(O)c(Cl)c1)C(=O)NC. The van der Waals surface area contributed by atoms with E-state index in [1.54, 1.807) is 0 Å². The van der Waals surface area contributed by atoms with Crippen molar-refractivity contribution in [1.29, 1.82) is 0 Å². The maximum absolute atomic E-state index is 11.3. The van der Waals surface area contributed by atoms with E-state index in [9.17, 15) is 9.90 Å². The van der Waals surface area contributed by atoms with Crippen molar-refractivity contribution < 1.29 is 9.90 Å². The van der Waals surface area contributed by atoms with E-state index in [0.29, 0.717) is 5.56 Å². The highest BCUT2D eigenvalue weighted by Crippen LogP contribution is 2.33. The van der Waals surface area contributed by atoms with Crippen molar-refractivity contribution in [3.63, 3.8) is 0 Å². The van der Waals surface area contributed by atoms with E-state index in [-0.39, 0.29) is 21.5 Å². The van der Waals surface area contributed by atoms with Gasteiger partial charge < -0.3 is 10.4 Å². The minimum absolute atomic E-state index is 0.0602. The number of carbonyl (C=O) groups excluding carboxylic acids is 1. The van der Waals surface area contributed by atoms with Crippen molar-refractivity contribution in [3.8, 4) is 5.75 Å². The second-order valence-electron chi connectivity index (χ2n) is 3.05. The lowest BCUT2D eigenvalue weighted by Crippen LogP contribution is -2.18. The van der Waals surface area contributed by atoms with Crippen LogP contribution in [0.5, 0.6) is 5.75 Å². The zero-order valence-corrected chi connectivity index (χ0v) is 10.3. The average molecular weight is 271 g/mol. The first-order valence-electron chi connectivity index (χ1n) is 4.48. The molecule has 17 heavy (non-hydrogen) atoms. The van der Waals surface area contributed by atoms with Crippen LogP contribution in [-0.2, 0) is 4.79 Å². The number of carbonyl (C=O) groups is 1. The van der Waals surface area contributed by atoms with Crippen molar-refractivity contribution in [3.05, 3.63) is 44.9 Å². The lowest BCUT2D eigenvalue weighted by molar-refractivity contribution is -0.116. The standard InChI is InChI=1S/C11H8Cl2N2O2/c1-14-9(11(17)15-2)5-6-3-7(12)10(16)8(13)4-6/h3-5,16H,2H3,(H,15,17). The highest BCUT2D eigenvalue weighted by atomic mass is 35.5. The Morgan fingerprint density at radius 3 is 2.41 bits per heavy atom. The molecule has 0 fully saturated rings. The second-order valence-corrected chi connectivity index (χ2v) is 3.87. The Kier molecular flexibility index (Phi) is 4.38. The van der Waals surface area contributed by atoms with Gasteiger partial charge in [0.05, 0.1) is 16.6 Å². The summed E-state index contributed by atoms with van der Waals surface area (Å²) < 4.78 is 0. The fourth-order valence-corrected chi connectivity index (χ4v) is 1.61. The zero-order valence-electron chi connectivity index (χ0n) is 8.79. The number of hydrogen-bond acceptors (Lipinski definition) is 2. The van der Waals surface area contributed by atoms with Crippen LogP contribution in [-0.4, -0.2) is 18.1 Å². The molecule has 0 atom stereocenters. The summed E-state index contributed by atoms with van der Waals surface area (Å²) in [5.74, 6) is -0.727. The molecule has 0 radical (unpaired) electrons. The van der Waals surface area contributed by atoms with Crippen LogP contribution < -0.4 is 5.32 Å². The van der Waals surface area contributed by atoms with Gasteiger partial charge in [0.25, 0.3) is 5.70 Å². The lowest BCUT2D eigenvalue weighted by atomic mass is 10.2. The van der Waals surface area contributed by atoms with Gasteiger partial charge in [-0.25, -0.2) is 4.85 Å². The molecule has 1 rings (SSSR count). The molecule has 4 nitrogen and oxygen atoms in total. The molecule has 0 bridgehead atoms. The van der Waals surface area contributed by atoms with Gasteiger partial charge >= 0.3 is 0 Å². The van der Waals surface area contributed by atoms with E-state index in [2.05, 4.69) is 10.2 Å². The van der Waals surface area contributed by atoms with E-state index in [4.69, 9.17) is 29.8 Å². The van der Waals surface area contributed by atoms with Crippen molar-refractivity contribution >= 4 is 35.2 Å². The van der Waals surface area contributed by atoms with Gasteiger partial charge in [-0.2, -0.15) is 0 Å².